The predicted octanol–water partition coefficient (Wildman–Crippen LogP) is 1.60. The Balaban J connectivity index is 2.16. The van der Waals surface area contributed by atoms with E-state index in [0.29, 0.717) is 11.7 Å². The molecule has 0 saturated heterocycles. The Bertz CT molecular complexity index is 495. The normalized spacial score (nSPS) is 14.7. The lowest BCUT2D eigenvalue weighted by atomic mass is 10.4. The van der Waals surface area contributed by atoms with Crippen molar-refractivity contribution in [3.63, 3.8) is 0 Å². The molecule has 1 N–H and O–H groups in total. The fourth-order valence-electron chi connectivity index (χ4n) is 1.29. The molecule has 0 aromatic carbocycles. The smallest absolute Gasteiger partial charge is 0.242 e. The van der Waals surface area contributed by atoms with E-state index in [1.807, 2.05) is 17.5 Å². The van der Waals surface area contributed by atoms with Gasteiger partial charge in [-0.2, -0.15) is 4.98 Å². The monoisotopic (exact) mass is 272 g/mol. The van der Waals surface area contributed by atoms with Crippen LogP contribution in [-0.4, -0.2) is 31.8 Å². The molecule has 0 aliphatic carbocycles. The summed E-state index contributed by atoms with van der Waals surface area (Å²) in [4.78, 5) is 5.13. The molecule has 0 amide bonds. The van der Waals surface area contributed by atoms with Gasteiger partial charge >= 0.3 is 0 Å². The minimum Gasteiger partial charge on any atom is -0.395 e. The Kier molecular flexibility index (Phi) is 4.03. The highest BCUT2D eigenvalue weighted by molar-refractivity contribution is 7.85. The Morgan fingerprint density at radius 3 is 3.12 bits per heavy atom. The van der Waals surface area contributed by atoms with Crippen LogP contribution in [0.4, 0.5) is 0 Å². The van der Waals surface area contributed by atoms with E-state index >= 15 is 0 Å². The number of aromatic nitrogens is 2. The van der Waals surface area contributed by atoms with Crippen LogP contribution in [0.25, 0.3) is 10.7 Å². The second kappa shape index (κ2) is 5.52. The van der Waals surface area contributed by atoms with Crippen LogP contribution >= 0.6 is 11.3 Å². The first kappa shape index (κ1) is 12.4. The van der Waals surface area contributed by atoms with Gasteiger partial charge < -0.3 is 9.63 Å². The molecule has 0 spiro atoms. The van der Waals surface area contributed by atoms with Crippen LogP contribution in [0.15, 0.2) is 22.0 Å². The standard InChI is InChI=1S/C10H12N2O3S2/c1-7(17(14)6-4-13)10-11-9(12-15-10)8-3-2-5-16-8/h2-3,5,7,13H,4,6H2,1H3/t7-,17-/m1/s1. The second-order valence-electron chi connectivity index (χ2n) is 3.38. The van der Waals surface area contributed by atoms with E-state index < -0.39 is 10.8 Å². The molecule has 0 radical (unpaired) electrons. The fraction of sp³-hybridized carbons (Fsp3) is 0.400. The summed E-state index contributed by atoms with van der Waals surface area (Å²) in [5.41, 5.74) is 0. The third-order valence-electron chi connectivity index (χ3n) is 2.22. The lowest BCUT2D eigenvalue weighted by Gasteiger charge is -2.03. The van der Waals surface area contributed by atoms with Gasteiger partial charge in [0.15, 0.2) is 0 Å². The van der Waals surface area contributed by atoms with E-state index in [1.54, 1.807) is 6.92 Å². The van der Waals surface area contributed by atoms with Gasteiger partial charge in [-0.1, -0.05) is 11.2 Å². The number of aliphatic hydroxyl groups is 1. The van der Waals surface area contributed by atoms with E-state index in [9.17, 15) is 4.21 Å². The Labute approximate surface area is 105 Å². The maximum atomic E-state index is 11.7. The predicted molar refractivity (Wildman–Crippen MR) is 66.1 cm³/mol. The summed E-state index contributed by atoms with van der Waals surface area (Å²) < 4.78 is 16.8. The molecule has 2 atom stereocenters. The minimum atomic E-state index is -1.19. The van der Waals surface area contributed by atoms with E-state index in [0.717, 1.165) is 4.88 Å². The average molecular weight is 272 g/mol. The number of hydrogen-bond acceptors (Lipinski definition) is 6. The Hall–Kier alpha value is -1.05. The molecule has 2 aromatic rings. The first-order chi connectivity index (χ1) is 8.22. The molecule has 7 heteroatoms. The number of rotatable bonds is 5. The SMILES string of the molecule is C[C@H](c1nc(-c2cccs2)no1)[S@](=O)CCO. The lowest BCUT2D eigenvalue weighted by molar-refractivity contribution is 0.320. The van der Waals surface area contributed by atoms with Crippen LogP contribution in [0.5, 0.6) is 0 Å². The molecular weight excluding hydrogens is 260 g/mol. The van der Waals surface area contributed by atoms with Crippen LogP contribution in [0, 0.1) is 0 Å². The molecule has 2 heterocycles. The van der Waals surface area contributed by atoms with Crippen LogP contribution in [-0.2, 0) is 10.8 Å². The van der Waals surface area contributed by atoms with Crippen molar-refractivity contribution in [1.82, 2.24) is 10.1 Å². The highest BCUT2D eigenvalue weighted by Gasteiger charge is 2.20. The quantitative estimate of drug-likeness (QED) is 0.894. The molecule has 92 valence electrons. The number of nitrogens with zero attached hydrogens (tertiary/aromatic N) is 2. The van der Waals surface area contributed by atoms with Crippen molar-refractivity contribution in [3.05, 3.63) is 23.4 Å². The average Bonchev–Trinajstić information content (AvgIpc) is 2.98. The topological polar surface area (TPSA) is 76.2 Å². The molecular formula is C10H12N2O3S2. The summed E-state index contributed by atoms with van der Waals surface area (Å²) in [6.07, 6.45) is 0. The third kappa shape index (κ3) is 2.80. The summed E-state index contributed by atoms with van der Waals surface area (Å²) >= 11 is 1.52. The molecule has 0 aliphatic rings. The van der Waals surface area contributed by atoms with Crippen molar-refractivity contribution in [3.8, 4) is 10.7 Å². The maximum Gasteiger partial charge on any atom is 0.242 e. The largest absolute Gasteiger partial charge is 0.395 e. The third-order valence-corrected chi connectivity index (χ3v) is 4.66. The van der Waals surface area contributed by atoms with Gasteiger partial charge in [0, 0.05) is 16.6 Å². The number of thiophene rings is 1. The van der Waals surface area contributed by atoms with Gasteiger partial charge in [0.1, 0.15) is 5.25 Å². The van der Waals surface area contributed by atoms with Gasteiger partial charge in [0.05, 0.1) is 11.5 Å². The lowest BCUT2D eigenvalue weighted by Crippen LogP contribution is -2.09. The molecule has 17 heavy (non-hydrogen) atoms. The molecule has 5 nitrogen and oxygen atoms in total. The molecule has 2 aromatic heterocycles. The first-order valence-electron chi connectivity index (χ1n) is 5.08. The van der Waals surface area contributed by atoms with Crippen LogP contribution in [0.2, 0.25) is 0 Å². The summed E-state index contributed by atoms with van der Waals surface area (Å²) in [5, 5.41) is 14.2. The van der Waals surface area contributed by atoms with Gasteiger partial charge in [0.25, 0.3) is 0 Å². The van der Waals surface area contributed by atoms with Gasteiger partial charge in [-0.3, -0.25) is 4.21 Å². The summed E-state index contributed by atoms with van der Waals surface area (Å²) in [7, 11) is -1.19. The highest BCUT2D eigenvalue weighted by Crippen LogP contribution is 2.24. The molecule has 0 fully saturated rings. The second-order valence-corrected chi connectivity index (χ2v) is 6.21. The summed E-state index contributed by atoms with van der Waals surface area (Å²) in [5.74, 6) is 1.08. The zero-order valence-electron chi connectivity index (χ0n) is 9.20. The van der Waals surface area contributed by atoms with Gasteiger partial charge in [-0.15, -0.1) is 11.3 Å². The zero-order chi connectivity index (χ0) is 12.3. The van der Waals surface area contributed by atoms with E-state index in [-0.39, 0.29) is 17.6 Å². The molecule has 2 rings (SSSR count). The number of hydrogen-bond donors (Lipinski definition) is 1. The van der Waals surface area contributed by atoms with Gasteiger partial charge in [0.2, 0.25) is 11.7 Å². The fourth-order valence-corrected chi connectivity index (χ4v) is 2.79. The minimum absolute atomic E-state index is 0.108. The van der Waals surface area contributed by atoms with Crippen molar-refractivity contribution >= 4 is 22.1 Å². The van der Waals surface area contributed by atoms with Crippen molar-refractivity contribution in [2.24, 2.45) is 0 Å². The van der Waals surface area contributed by atoms with Crippen molar-refractivity contribution < 1.29 is 13.8 Å². The highest BCUT2D eigenvalue weighted by atomic mass is 32.2. The summed E-state index contributed by atoms with van der Waals surface area (Å²) in [6, 6.07) is 3.80. The van der Waals surface area contributed by atoms with Crippen LogP contribution in [0.1, 0.15) is 18.1 Å². The Morgan fingerprint density at radius 1 is 1.65 bits per heavy atom. The Morgan fingerprint density at radius 2 is 2.47 bits per heavy atom. The zero-order valence-corrected chi connectivity index (χ0v) is 10.8. The van der Waals surface area contributed by atoms with Crippen LogP contribution < -0.4 is 0 Å². The molecule has 0 unspecified atom stereocenters. The molecule has 0 saturated carbocycles. The summed E-state index contributed by atoms with van der Waals surface area (Å²) in [6.45, 7) is 1.64. The van der Waals surface area contributed by atoms with Crippen molar-refractivity contribution in [2.45, 2.75) is 12.2 Å². The number of aliphatic hydroxyl groups excluding tert-OH is 1. The molecule has 0 aliphatic heterocycles. The van der Waals surface area contributed by atoms with Gasteiger partial charge in [-0.05, 0) is 18.4 Å². The first-order valence-corrected chi connectivity index (χ1v) is 7.34. The maximum absolute atomic E-state index is 11.7. The van der Waals surface area contributed by atoms with E-state index in [2.05, 4.69) is 10.1 Å². The van der Waals surface area contributed by atoms with Crippen molar-refractivity contribution in [1.29, 1.82) is 0 Å². The van der Waals surface area contributed by atoms with E-state index in [4.69, 9.17) is 9.63 Å². The van der Waals surface area contributed by atoms with Gasteiger partial charge in [-0.25, -0.2) is 0 Å². The van der Waals surface area contributed by atoms with Crippen molar-refractivity contribution in [2.75, 3.05) is 12.4 Å². The van der Waals surface area contributed by atoms with E-state index in [1.165, 1.54) is 11.3 Å². The molecule has 0 bridgehead atoms. The van der Waals surface area contributed by atoms with Crippen LogP contribution in [0.3, 0.4) is 0 Å².